The first-order valence-corrected chi connectivity index (χ1v) is 15.0. The van der Waals surface area contributed by atoms with Gasteiger partial charge in [-0.3, -0.25) is 0 Å². The Hall–Kier alpha value is -1.39. The van der Waals surface area contributed by atoms with E-state index in [9.17, 15) is 5.11 Å². The second-order valence-electron chi connectivity index (χ2n) is 10.9. The van der Waals surface area contributed by atoms with Crippen LogP contribution in [-0.4, -0.2) is 43.5 Å². The maximum Gasteiger partial charge on any atom is 0.125 e. The quantitative estimate of drug-likeness (QED) is 0.362. The van der Waals surface area contributed by atoms with E-state index in [0.717, 1.165) is 37.4 Å². The van der Waals surface area contributed by atoms with Gasteiger partial charge in [0.2, 0.25) is 0 Å². The lowest BCUT2D eigenvalue weighted by Crippen LogP contribution is -2.35. The van der Waals surface area contributed by atoms with Gasteiger partial charge in [0.25, 0.3) is 0 Å². The van der Waals surface area contributed by atoms with Gasteiger partial charge in [0.1, 0.15) is 12.5 Å². The van der Waals surface area contributed by atoms with Gasteiger partial charge in [-0.05, 0) is 51.3 Å². The molecule has 208 valence electrons. The molecule has 4 rings (SSSR count). The lowest BCUT2D eigenvalue weighted by molar-refractivity contribution is -0.0980. The van der Waals surface area contributed by atoms with Gasteiger partial charge in [0.15, 0.2) is 0 Å². The molecule has 1 aliphatic heterocycles. The normalized spacial score (nSPS) is 21.1. The Kier molecular flexibility index (Phi) is 19.6. The second-order valence-corrected chi connectivity index (χ2v) is 10.9. The highest BCUT2D eigenvalue weighted by Gasteiger charge is 2.27. The van der Waals surface area contributed by atoms with E-state index in [4.69, 9.17) is 9.53 Å². The summed E-state index contributed by atoms with van der Waals surface area (Å²) in [7, 11) is 2.14. The number of likely N-dealkylation sites (tertiary alicyclic amines) is 1. The van der Waals surface area contributed by atoms with Crippen LogP contribution in [0.1, 0.15) is 128 Å². The molecule has 1 N–H and O–H groups in total. The Labute approximate surface area is 223 Å². The number of rotatable bonds is 8. The maximum absolute atomic E-state index is 10.9. The van der Waals surface area contributed by atoms with E-state index in [1.165, 1.54) is 96.3 Å². The average molecular weight is 504 g/mol. The van der Waals surface area contributed by atoms with Crippen LogP contribution < -0.4 is 4.74 Å². The van der Waals surface area contributed by atoms with Crippen LogP contribution in [0, 0.1) is 11.8 Å². The summed E-state index contributed by atoms with van der Waals surface area (Å²) in [5.74, 6) is 1.89. The molecule has 4 nitrogen and oxygen atoms in total. The summed E-state index contributed by atoms with van der Waals surface area (Å²) < 4.78 is 6.14. The van der Waals surface area contributed by atoms with Gasteiger partial charge in [-0.1, -0.05) is 109 Å². The van der Waals surface area contributed by atoms with Crippen molar-refractivity contribution in [3.05, 3.63) is 29.8 Å². The second kappa shape index (κ2) is 21.7. The third-order valence-electron chi connectivity index (χ3n) is 7.75. The van der Waals surface area contributed by atoms with E-state index in [0.29, 0.717) is 11.8 Å². The van der Waals surface area contributed by atoms with Crippen molar-refractivity contribution < 1.29 is 14.6 Å². The summed E-state index contributed by atoms with van der Waals surface area (Å²) >= 11 is 0. The molecule has 0 spiro atoms. The number of nitrogens with zero attached hydrogens (tertiary/aromatic N) is 1. The third-order valence-corrected chi connectivity index (χ3v) is 7.75. The minimum absolute atomic E-state index is 0.313. The highest BCUT2D eigenvalue weighted by atomic mass is 16.5. The van der Waals surface area contributed by atoms with E-state index in [1.54, 1.807) is 0 Å². The van der Waals surface area contributed by atoms with E-state index < -0.39 is 6.10 Å². The van der Waals surface area contributed by atoms with E-state index in [1.807, 2.05) is 31.1 Å². The van der Waals surface area contributed by atoms with Crippen LogP contribution in [0.5, 0.6) is 5.75 Å². The fraction of sp³-hybridized carbons (Fsp3) is 0.781. The zero-order valence-electron chi connectivity index (χ0n) is 23.9. The molecule has 4 heteroatoms. The number of hydrogen-bond acceptors (Lipinski definition) is 4. The van der Waals surface area contributed by atoms with Crippen molar-refractivity contribution in [3.8, 4) is 5.75 Å². The molecule has 1 aromatic rings. The monoisotopic (exact) mass is 503 g/mol. The molecular weight excluding hydrogens is 446 g/mol. The summed E-state index contributed by atoms with van der Waals surface area (Å²) in [6, 6.07) is 8.08. The van der Waals surface area contributed by atoms with Crippen LogP contribution in [-0.2, 0) is 4.79 Å². The SMILES string of the molecule is C1CCCC1.C=O.CCCCCC.CN1CCCC(C(O)c2ccccc2OCC2CCCCC2)C1. The zero-order valence-corrected chi connectivity index (χ0v) is 23.9. The summed E-state index contributed by atoms with van der Waals surface area (Å²) in [4.78, 5) is 10.3. The van der Waals surface area contributed by atoms with Crippen molar-refractivity contribution in [1.82, 2.24) is 4.90 Å². The van der Waals surface area contributed by atoms with Crippen LogP contribution in [0.25, 0.3) is 0 Å². The first kappa shape index (κ1) is 32.6. The Morgan fingerprint density at radius 1 is 0.889 bits per heavy atom. The lowest BCUT2D eigenvalue weighted by Gasteiger charge is -2.33. The number of aliphatic hydroxyl groups excluding tert-OH is 1. The summed E-state index contributed by atoms with van der Waals surface area (Å²) in [6.45, 7) is 9.38. The van der Waals surface area contributed by atoms with Crippen LogP contribution in [0.15, 0.2) is 24.3 Å². The van der Waals surface area contributed by atoms with Gasteiger partial charge in [-0.15, -0.1) is 0 Å². The van der Waals surface area contributed by atoms with Crippen molar-refractivity contribution in [2.45, 2.75) is 123 Å². The molecular formula is C32H57NO3. The average Bonchev–Trinajstić information content (AvgIpc) is 3.53. The summed E-state index contributed by atoms with van der Waals surface area (Å²) in [5.41, 5.74) is 0.976. The molecule has 0 aromatic heterocycles. The Morgan fingerprint density at radius 2 is 1.44 bits per heavy atom. The number of aliphatic hydroxyl groups is 1. The number of piperidine rings is 1. The molecule has 2 aliphatic carbocycles. The van der Waals surface area contributed by atoms with Crippen molar-refractivity contribution in [1.29, 1.82) is 0 Å². The summed E-state index contributed by atoms with van der Waals surface area (Å²) in [6.07, 6.45) is 21.5. The summed E-state index contributed by atoms with van der Waals surface area (Å²) in [5, 5.41) is 10.9. The van der Waals surface area contributed by atoms with Crippen molar-refractivity contribution in [2.24, 2.45) is 11.8 Å². The first-order chi connectivity index (χ1) is 17.7. The predicted octanol–water partition coefficient (Wildman–Crippen LogP) is 8.37. The number of unbranched alkanes of at least 4 members (excludes halogenated alkanes) is 3. The number of carbonyl (C=O) groups excluding carboxylic acids is 1. The highest BCUT2D eigenvalue weighted by molar-refractivity contribution is 5.35. The first-order valence-electron chi connectivity index (χ1n) is 15.0. The van der Waals surface area contributed by atoms with Crippen LogP contribution in [0.2, 0.25) is 0 Å². The zero-order chi connectivity index (χ0) is 26.4. The van der Waals surface area contributed by atoms with Crippen molar-refractivity contribution in [3.63, 3.8) is 0 Å². The van der Waals surface area contributed by atoms with E-state index >= 15 is 0 Å². The Balaban J connectivity index is 0.000000410. The molecule has 1 aromatic carbocycles. The van der Waals surface area contributed by atoms with Crippen LogP contribution >= 0.6 is 0 Å². The predicted molar refractivity (Wildman–Crippen MR) is 154 cm³/mol. The number of carbonyl (C=O) groups is 1. The van der Waals surface area contributed by atoms with Crippen molar-refractivity contribution in [2.75, 3.05) is 26.7 Å². The molecule has 36 heavy (non-hydrogen) atoms. The number of hydrogen-bond donors (Lipinski definition) is 1. The van der Waals surface area contributed by atoms with Gasteiger partial charge in [0.05, 0.1) is 12.7 Å². The molecule has 3 aliphatic rings. The van der Waals surface area contributed by atoms with Crippen LogP contribution in [0.3, 0.4) is 0 Å². The van der Waals surface area contributed by atoms with Crippen LogP contribution in [0.4, 0.5) is 0 Å². The Bertz CT molecular complexity index is 616. The Morgan fingerprint density at radius 3 is 2.00 bits per heavy atom. The third kappa shape index (κ3) is 13.8. The van der Waals surface area contributed by atoms with Crippen molar-refractivity contribution >= 4 is 6.79 Å². The topological polar surface area (TPSA) is 49.8 Å². The minimum Gasteiger partial charge on any atom is -0.493 e. The van der Waals surface area contributed by atoms with Gasteiger partial charge < -0.3 is 19.5 Å². The number of ether oxygens (including phenoxy) is 1. The minimum atomic E-state index is -0.416. The van der Waals surface area contributed by atoms with E-state index in [-0.39, 0.29) is 0 Å². The number of para-hydroxylation sites is 1. The van der Waals surface area contributed by atoms with Gasteiger partial charge >= 0.3 is 0 Å². The number of benzene rings is 1. The molecule has 2 atom stereocenters. The van der Waals surface area contributed by atoms with Gasteiger partial charge in [0, 0.05) is 18.0 Å². The molecule has 0 bridgehead atoms. The lowest BCUT2D eigenvalue weighted by atomic mass is 9.88. The smallest absolute Gasteiger partial charge is 0.125 e. The van der Waals surface area contributed by atoms with Gasteiger partial charge in [-0.25, -0.2) is 0 Å². The maximum atomic E-state index is 10.9. The molecule has 2 unspecified atom stereocenters. The fourth-order valence-corrected chi connectivity index (χ4v) is 5.52. The molecule has 1 saturated heterocycles. The molecule has 2 saturated carbocycles. The molecule has 3 fully saturated rings. The molecule has 0 radical (unpaired) electrons. The van der Waals surface area contributed by atoms with E-state index in [2.05, 4.69) is 25.8 Å². The standard InChI is InChI=1S/C20H31NO2.C6H14.C5H10.CH2O/c1-21-13-7-10-17(14-21)20(22)18-11-5-6-12-19(18)23-15-16-8-3-2-4-9-16;1-3-5-6-4-2;1-2-4-5-3-1;1-2/h5-6,11-12,16-17,20,22H,2-4,7-10,13-15H2,1H3;3-6H2,1-2H3;1-5H2;1H2. The molecule has 0 amide bonds. The highest BCUT2D eigenvalue weighted by Crippen LogP contribution is 2.35. The van der Waals surface area contributed by atoms with Gasteiger partial charge in [-0.2, -0.15) is 0 Å². The largest absolute Gasteiger partial charge is 0.493 e. The molecule has 1 heterocycles. The fourth-order valence-electron chi connectivity index (χ4n) is 5.52.